The van der Waals surface area contributed by atoms with Gasteiger partial charge in [0.1, 0.15) is 11.6 Å². The SMILES string of the molecule is C[C@@H]1CCC[C@H](C(=O)Nc2ccc(OCC(=O)N(C)C)cc2F)C1. The molecular weight excluding hydrogens is 311 g/mol. The fourth-order valence-electron chi connectivity index (χ4n) is 2.87. The summed E-state index contributed by atoms with van der Waals surface area (Å²) in [7, 11) is 3.24. The van der Waals surface area contributed by atoms with E-state index in [1.165, 1.54) is 17.0 Å². The summed E-state index contributed by atoms with van der Waals surface area (Å²) in [6.07, 6.45) is 3.89. The van der Waals surface area contributed by atoms with Gasteiger partial charge in [-0.25, -0.2) is 4.39 Å². The average molecular weight is 336 g/mol. The Balaban J connectivity index is 1.94. The smallest absolute Gasteiger partial charge is 0.259 e. The first-order valence-corrected chi connectivity index (χ1v) is 8.30. The Morgan fingerprint density at radius 3 is 2.71 bits per heavy atom. The highest BCUT2D eigenvalue weighted by molar-refractivity contribution is 5.92. The molecule has 6 heteroatoms. The van der Waals surface area contributed by atoms with Gasteiger partial charge in [0, 0.05) is 26.1 Å². The number of carbonyl (C=O) groups excluding carboxylic acids is 2. The number of anilines is 1. The van der Waals surface area contributed by atoms with E-state index in [1.54, 1.807) is 20.2 Å². The molecule has 5 nitrogen and oxygen atoms in total. The molecule has 1 N–H and O–H groups in total. The molecule has 24 heavy (non-hydrogen) atoms. The fraction of sp³-hybridized carbons (Fsp3) is 0.556. The molecule has 1 aromatic rings. The molecule has 1 fully saturated rings. The molecule has 0 unspecified atom stereocenters. The lowest BCUT2D eigenvalue weighted by molar-refractivity contribution is -0.130. The topological polar surface area (TPSA) is 58.6 Å². The Kier molecular flexibility index (Phi) is 6.17. The van der Waals surface area contributed by atoms with Crippen molar-refractivity contribution in [1.29, 1.82) is 0 Å². The van der Waals surface area contributed by atoms with E-state index in [1.807, 2.05) is 0 Å². The first-order valence-electron chi connectivity index (χ1n) is 8.30. The van der Waals surface area contributed by atoms with Crippen molar-refractivity contribution in [3.05, 3.63) is 24.0 Å². The number of rotatable bonds is 5. The molecule has 0 aliphatic heterocycles. The summed E-state index contributed by atoms with van der Waals surface area (Å²) in [5.74, 6) is -0.170. The van der Waals surface area contributed by atoms with Crippen molar-refractivity contribution in [1.82, 2.24) is 4.90 Å². The number of carbonyl (C=O) groups is 2. The van der Waals surface area contributed by atoms with Crippen molar-refractivity contribution in [2.75, 3.05) is 26.0 Å². The second-order valence-electron chi connectivity index (χ2n) is 6.68. The van der Waals surface area contributed by atoms with Gasteiger partial charge in [-0.2, -0.15) is 0 Å². The minimum absolute atomic E-state index is 0.0539. The van der Waals surface area contributed by atoms with E-state index in [0.717, 1.165) is 25.7 Å². The van der Waals surface area contributed by atoms with E-state index >= 15 is 0 Å². The van der Waals surface area contributed by atoms with Gasteiger partial charge in [-0.05, 0) is 30.9 Å². The van der Waals surface area contributed by atoms with Crippen LogP contribution < -0.4 is 10.1 Å². The Morgan fingerprint density at radius 1 is 1.33 bits per heavy atom. The maximum absolute atomic E-state index is 14.1. The van der Waals surface area contributed by atoms with Crippen LogP contribution in [0.1, 0.15) is 32.6 Å². The fourth-order valence-corrected chi connectivity index (χ4v) is 2.87. The molecule has 0 heterocycles. The van der Waals surface area contributed by atoms with Gasteiger partial charge < -0.3 is 15.0 Å². The van der Waals surface area contributed by atoms with Crippen molar-refractivity contribution < 1.29 is 18.7 Å². The number of benzene rings is 1. The summed E-state index contributed by atoms with van der Waals surface area (Å²) >= 11 is 0. The number of likely N-dealkylation sites (N-methyl/N-ethyl adjacent to an activating group) is 1. The van der Waals surface area contributed by atoms with Gasteiger partial charge in [0.05, 0.1) is 5.69 Å². The number of ether oxygens (including phenoxy) is 1. The summed E-state index contributed by atoms with van der Waals surface area (Å²) in [5.41, 5.74) is 0.143. The Labute approximate surface area is 142 Å². The molecular formula is C18H25FN2O3. The van der Waals surface area contributed by atoms with Gasteiger partial charge in [0.2, 0.25) is 5.91 Å². The van der Waals surface area contributed by atoms with Crippen LogP contribution in [0.4, 0.5) is 10.1 Å². The minimum Gasteiger partial charge on any atom is -0.484 e. The molecule has 0 aromatic heterocycles. The number of halogens is 1. The Morgan fingerprint density at radius 2 is 2.08 bits per heavy atom. The van der Waals surface area contributed by atoms with Crippen LogP contribution in [0.3, 0.4) is 0 Å². The lowest BCUT2D eigenvalue weighted by Crippen LogP contribution is -2.28. The van der Waals surface area contributed by atoms with E-state index in [0.29, 0.717) is 5.92 Å². The molecule has 1 aromatic carbocycles. The number of nitrogens with one attached hydrogen (secondary N) is 1. The van der Waals surface area contributed by atoms with Crippen LogP contribution in [-0.4, -0.2) is 37.4 Å². The predicted molar refractivity (Wildman–Crippen MR) is 90.3 cm³/mol. The highest BCUT2D eigenvalue weighted by Crippen LogP contribution is 2.30. The molecule has 2 atom stereocenters. The summed E-state index contributed by atoms with van der Waals surface area (Å²) in [4.78, 5) is 25.1. The lowest BCUT2D eigenvalue weighted by atomic mass is 9.82. The average Bonchev–Trinajstić information content (AvgIpc) is 2.54. The monoisotopic (exact) mass is 336 g/mol. The standard InChI is InChI=1S/C18H25FN2O3/c1-12-5-4-6-13(9-12)18(23)20-16-8-7-14(10-15(16)19)24-11-17(22)21(2)3/h7-8,10,12-13H,4-6,9,11H2,1-3H3,(H,20,23)/t12-,13+/m1/s1. The van der Waals surface area contributed by atoms with Crippen LogP contribution in [0, 0.1) is 17.7 Å². The van der Waals surface area contributed by atoms with Crippen molar-refractivity contribution in [2.45, 2.75) is 32.6 Å². The maximum atomic E-state index is 14.1. The third kappa shape index (κ3) is 4.94. The summed E-state index contributed by atoms with van der Waals surface area (Å²) in [6.45, 7) is 1.99. The Bertz CT molecular complexity index is 604. The van der Waals surface area contributed by atoms with Gasteiger partial charge in [0.25, 0.3) is 5.91 Å². The van der Waals surface area contributed by atoms with E-state index < -0.39 is 5.82 Å². The molecule has 132 valence electrons. The van der Waals surface area contributed by atoms with Crippen LogP contribution in [0.2, 0.25) is 0 Å². The summed E-state index contributed by atoms with van der Waals surface area (Å²) < 4.78 is 19.4. The van der Waals surface area contributed by atoms with Crippen LogP contribution in [0.5, 0.6) is 5.75 Å². The summed E-state index contributed by atoms with van der Waals surface area (Å²) in [6, 6.07) is 4.20. The molecule has 0 spiro atoms. The van der Waals surface area contributed by atoms with Crippen LogP contribution in [0.15, 0.2) is 18.2 Å². The van der Waals surface area contributed by atoms with E-state index in [4.69, 9.17) is 4.74 Å². The zero-order chi connectivity index (χ0) is 17.7. The normalized spacial score (nSPS) is 20.3. The maximum Gasteiger partial charge on any atom is 0.259 e. The van der Waals surface area contributed by atoms with Gasteiger partial charge in [-0.3, -0.25) is 9.59 Å². The van der Waals surface area contributed by atoms with Gasteiger partial charge in [-0.1, -0.05) is 19.8 Å². The molecule has 1 aliphatic rings. The Hall–Kier alpha value is -2.11. The largest absolute Gasteiger partial charge is 0.484 e. The van der Waals surface area contributed by atoms with E-state index in [-0.39, 0.29) is 35.8 Å². The third-order valence-corrected chi connectivity index (χ3v) is 4.37. The molecule has 0 radical (unpaired) electrons. The van der Waals surface area contributed by atoms with Crippen LogP contribution in [-0.2, 0) is 9.59 Å². The highest BCUT2D eigenvalue weighted by atomic mass is 19.1. The zero-order valence-electron chi connectivity index (χ0n) is 14.5. The molecule has 1 saturated carbocycles. The van der Waals surface area contributed by atoms with Gasteiger partial charge in [-0.15, -0.1) is 0 Å². The lowest BCUT2D eigenvalue weighted by Gasteiger charge is -2.25. The molecule has 2 amide bonds. The number of nitrogens with zero attached hydrogens (tertiary/aromatic N) is 1. The van der Waals surface area contributed by atoms with Crippen LogP contribution in [0.25, 0.3) is 0 Å². The second-order valence-corrected chi connectivity index (χ2v) is 6.68. The number of hydrogen-bond acceptors (Lipinski definition) is 3. The first kappa shape index (κ1) is 18.2. The zero-order valence-corrected chi connectivity index (χ0v) is 14.5. The van der Waals surface area contributed by atoms with Gasteiger partial charge >= 0.3 is 0 Å². The van der Waals surface area contributed by atoms with Crippen molar-refractivity contribution in [2.24, 2.45) is 11.8 Å². The van der Waals surface area contributed by atoms with E-state index in [2.05, 4.69) is 12.2 Å². The molecule has 0 saturated heterocycles. The van der Waals surface area contributed by atoms with Crippen molar-refractivity contribution in [3.8, 4) is 5.75 Å². The minimum atomic E-state index is -0.568. The predicted octanol–water partition coefficient (Wildman–Crippen LogP) is 3.06. The highest BCUT2D eigenvalue weighted by Gasteiger charge is 2.25. The van der Waals surface area contributed by atoms with Crippen molar-refractivity contribution in [3.63, 3.8) is 0 Å². The summed E-state index contributed by atoms with van der Waals surface area (Å²) in [5, 5.41) is 2.67. The second kappa shape index (κ2) is 8.13. The third-order valence-electron chi connectivity index (χ3n) is 4.37. The number of amides is 2. The molecule has 1 aliphatic carbocycles. The van der Waals surface area contributed by atoms with Crippen LogP contribution >= 0.6 is 0 Å². The van der Waals surface area contributed by atoms with Crippen molar-refractivity contribution >= 4 is 17.5 Å². The molecule has 2 rings (SSSR count). The number of hydrogen-bond donors (Lipinski definition) is 1. The first-order chi connectivity index (χ1) is 11.4. The van der Waals surface area contributed by atoms with E-state index in [9.17, 15) is 14.0 Å². The van der Waals surface area contributed by atoms with Gasteiger partial charge in [0.15, 0.2) is 6.61 Å². The quantitative estimate of drug-likeness (QED) is 0.899. The molecule has 0 bridgehead atoms.